The lowest BCUT2D eigenvalue weighted by Crippen LogP contribution is -2.50. The third kappa shape index (κ3) is 6.34. The minimum Gasteiger partial charge on any atom is -0.469 e. The van der Waals surface area contributed by atoms with Crippen molar-refractivity contribution in [1.29, 1.82) is 0 Å². The molecule has 1 rings (SSSR count). The molecule has 1 aromatic rings. The fraction of sp³-hybridized carbons (Fsp3) is 0.412. The largest absolute Gasteiger partial charge is 0.469 e. The molecule has 152 valence electrons. The Hall–Kier alpha value is -3.50. The van der Waals surface area contributed by atoms with Gasteiger partial charge in [-0.3, -0.25) is 24.5 Å². The molecule has 0 heterocycles. The zero-order valence-electron chi connectivity index (χ0n) is 15.5. The molecular formula is C17H20N2O9. The van der Waals surface area contributed by atoms with Gasteiger partial charge in [-0.1, -0.05) is 12.1 Å². The molecule has 0 radical (unpaired) electrons. The van der Waals surface area contributed by atoms with Crippen molar-refractivity contribution in [3.63, 3.8) is 0 Å². The Morgan fingerprint density at radius 3 is 2.25 bits per heavy atom. The highest BCUT2D eigenvalue weighted by Crippen LogP contribution is 2.16. The van der Waals surface area contributed by atoms with Crippen LogP contribution in [0.15, 0.2) is 24.3 Å². The number of nitrogens with one attached hydrogen (secondary N) is 1. The Balaban J connectivity index is 3.03. The molecule has 0 aliphatic rings. The van der Waals surface area contributed by atoms with E-state index in [1.165, 1.54) is 24.3 Å². The Kier molecular flexibility index (Phi) is 8.53. The normalized spacial score (nSPS) is 12.2. The van der Waals surface area contributed by atoms with Gasteiger partial charge < -0.3 is 19.5 Å². The monoisotopic (exact) mass is 396 g/mol. The molecule has 0 fully saturated rings. The summed E-state index contributed by atoms with van der Waals surface area (Å²) in [7, 11) is 3.21. The predicted octanol–water partition coefficient (Wildman–Crippen LogP) is 0.147. The number of esters is 3. The summed E-state index contributed by atoms with van der Waals surface area (Å²) in [6.07, 6.45) is -0.832. The fourth-order valence-electron chi connectivity index (χ4n) is 2.39. The van der Waals surface area contributed by atoms with E-state index in [2.05, 4.69) is 19.5 Å². The van der Waals surface area contributed by atoms with Crippen LogP contribution in [-0.2, 0) is 39.8 Å². The summed E-state index contributed by atoms with van der Waals surface area (Å²) >= 11 is 0. The standard InChI is InChI=1S/C17H20N2O9/c1-26-14(21)9-12(16(22)27-2)15(17(23)28-3)18-13(20)8-10-5-4-6-11(7-10)19(24)25/h4-7,12,15H,8-9H2,1-3H3,(H,18,20)/t12-,15-/m0/s1. The first-order chi connectivity index (χ1) is 13.2. The lowest BCUT2D eigenvalue weighted by Gasteiger charge is -2.23. The van der Waals surface area contributed by atoms with Gasteiger partial charge in [0.1, 0.15) is 6.04 Å². The molecule has 0 saturated carbocycles. The van der Waals surface area contributed by atoms with Gasteiger partial charge in [-0.15, -0.1) is 0 Å². The summed E-state index contributed by atoms with van der Waals surface area (Å²) in [4.78, 5) is 58.2. The van der Waals surface area contributed by atoms with E-state index in [0.29, 0.717) is 5.56 Å². The van der Waals surface area contributed by atoms with Crippen LogP contribution in [0.4, 0.5) is 5.69 Å². The Morgan fingerprint density at radius 2 is 1.71 bits per heavy atom. The van der Waals surface area contributed by atoms with Gasteiger partial charge in [0.25, 0.3) is 5.69 Å². The summed E-state index contributed by atoms with van der Waals surface area (Å²) in [6.45, 7) is 0. The average Bonchev–Trinajstić information content (AvgIpc) is 2.69. The van der Waals surface area contributed by atoms with Gasteiger partial charge >= 0.3 is 17.9 Å². The summed E-state index contributed by atoms with van der Waals surface area (Å²) in [5.74, 6) is -4.77. The lowest BCUT2D eigenvalue weighted by atomic mass is 9.95. The summed E-state index contributed by atoms with van der Waals surface area (Å²) in [6, 6.07) is 3.86. The van der Waals surface area contributed by atoms with Crippen LogP contribution in [0, 0.1) is 16.0 Å². The van der Waals surface area contributed by atoms with Gasteiger partial charge in [0.05, 0.1) is 45.0 Å². The highest BCUT2D eigenvalue weighted by atomic mass is 16.6. The molecule has 11 heteroatoms. The number of benzene rings is 1. The number of hydrogen-bond acceptors (Lipinski definition) is 9. The molecule has 0 saturated heterocycles. The number of carbonyl (C=O) groups excluding carboxylic acids is 4. The molecule has 1 aromatic carbocycles. The number of amides is 1. The van der Waals surface area contributed by atoms with Crippen molar-refractivity contribution >= 4 is 29.5 Å². The van der Waals surface area contributed by atoms with E-state index in [-0.39, 0.29) is 12.1 Å². The summed E-state index contributed by atoms with van der Waals surface area (Å²) < 4.78 is 13.7. The second kappa shape index (κ2) is 10.6. The Bertz CT molecular complexity index is 763. The number of rotatable bonds is 9. The van der Waals surface area contributed by atoms with Crippen LogP contribution >= 0.6 is 0 Å². The second-order valence-corrected chi connectivity index (χ2v) is 5.58. The zero-order chi connectivity index (χ0) is 21.3. The maximum Gasteiger partial charge on any atom is 0.329 e. The molecular weight excluding hydrogens is 376 g/mol. The van der Waals surface area contributed by atoms with E-state index >= 15 is 0 Å². The second-order valence-electron chi connectivity index (χ2n) is 5.58. The van der Waals surface area contributed by atoms with E-state index in [1.807, 2.05) is 0 Å². The average molecular weight is 396 g/mol. The highest BCUT2D eigenvalue weighted by Gasteiger charge is 2.38. The van der Waals surface area contributed by atoms with E-state index in [0.717, 1.165) is 21.3 Å². The van der Waals surface area contributed by atoms with Gasteiger partial charge in [-0.2, -0.15) is 0 Å². The van der Waals surface area contributed by atoms with Crippen molar-refractivity contribution in [2.75, 3.05) is 21.3 Å². The Morgan fingerprint density at radius 1 is 1.07 bits per heavy atom. The molecule has 1 amide bonds. The number of hydrogen-bond donors (Lipinski definition) is 1. The summed E-state index contributed by atoms with van der Waals surface area (Å²) in [5.41, 5.74) is 0.117. The zero-order valence-corrected chi connectivity index (χ0v) is 15.5. The van der Waals surface area contributed by atoms with Crippen molar-refractivity contribution in [1.82, 2.24) is 5.32 Å². The van der Waals surface area contributed by atoms with Gasteiger partial charge in [0.2, 0.25) is 5.91 Å². The van der Waals surface area contributed by atoms with E-state index in [1.54, 1.807) is 0 Å². The van der Waals surface area contributed by atoms with Crippen LogP contribution in [0.5, 0.6) is 0 Å². The molecule has 1 N–H and O–H groups in total. The summed E-state index contributed by atoms with van der Waals surface area (Å²) in [5, 5.41) is 13.1. The van der Waals surface area contributed by atoms with Crippen LogP contribution in [-0.4, -0.2) is 56.1 Å². The smallest absolute Gasteiger partial charge is 0.329 e. The maximum atomic E-state index is 12.3. The fourth-order valence-corrected chi connectivity index (χ4v) is 2.39. The molecule has 0 unspecified atom stereocenters. The SMILES string of the molecule is COC(=O)C[C@H](C(=O)OC)[C@H](NC(=O)Cc1cccc([N+](=O)[O-])c1)C(=O)OC. The van der Waals surface area contributed by atoms with Gasteiger partial charge in [-0.25, -0.2) is 4.79 Å². The van der Waals surface area contributed by atoms with E-state index in [9.17, 15) is 29.3 Å². The van der Waals surface area contributed by atoms with Gasteiger partial charge in [-0.05, 0) is 5.56 Å². The number of nitro benzene ring substituents is 1. The maximum absolute atomic E-state index is 12.3. The van der Waals surface area contributed by atoms with Crippen molar-refractivity contribution < 1.29 is 38.3 Å². The molecule has 0 aliphatic heterocycles. The molecule has 2 atom stereocenters. The van der Waals surface area contributed by atoms with Crippen molar-refractivity contribution in [2.45, 2.75) is 18.9 Å². The minimum atomic E-state index is -1.51. The first-order valence-electron chi connectivity index (χ1n) is 7.98. The third-order valence-electron chi connectivity index (χ3n) is 3.78. The van der Waals surface area contributed by atoms with Crippen LogP contribution in [0.2, 0.25) is 0 Å². The first kappa shape index (κ1) is 22.5. The number of methoxy groups -OCH3 is 3. The number of nitro groups is 1. The highest BCUT2D eigenvalue weighted by molar-refractivity contribution is 5.91. The van der Waals surface area contributed by atoms with Crippen molar-refractivity contribution in [3.05, 3.63) is 39.9 Å². The topological polar surface area (TPSA) is 151 Å². The van der Waals surface area contributed by atoms with Crippen LogP contribution in [0.1, 0.15) is 12.0 Å². The van der Waals surface area contributed by atoms with E-state index < -0.39 is 47.1 Å². The van der Waals surface area contributed by atoms with Crippen molar-refractivity contribution in [3.8, 4) is 0 Å². The molecule has 11 nitrogen and oxygen atoms in total. The number of non-ortho nitro benzene ring substituents is 1. The van der Waals surface area contributed by atoms with E-state index in [4.69, 9.17) is 0 Å². The number of carbonyl (C=O) groups is 4. The Labute approximate surface area is 160 Å². The van der Waals surface area contributed by atoms with Gasteiger partial charge in [0.15, 0.2) is 0 Å². The predicted molar refractivity (Wildman–Crippen MR) is 92.9 cm³/mol. The van der Waals surface area contributed by atoms with Crippen LogP contribution in [0.3, 0.4) is 0 Å². The quantitative estimate of drug-likeness (QED) is 0.266. The van der Waals surface area contributed by atoms with Crippen LogP contribution in [0.25, 0.3) is 0 Å². The van der Waals surface area contributed by atoms with Gasteiger partial charge in [0, 0.05) is 12.1 Å². The van der Waals surface area contributed by atoms with Crippen LogP contribution < -0.4 is 5.32 Å². The molecule has 0 spiro atoms. The number of nitrogens with zero attached hydrogens (tertiary/aromatic N) is 1. The third-order valence-corrected chi connectivity index (χ3v) is 3.78. The molecule has 0 aliphatic carbocycles. The minimum absolute atomic E-state index is 0.201. The molecule has 0 aromatic heterocycles. The number of ether oxygens (including phenoxy) is 3. The van der Waals surface area contributed by atoms with Crippen molar-refractivity contribution in [2.24, 2.45) is 5.92 Å². The molecule has 28 heavy (non-hydrogen) atoms. The first-order valence-corrected chi connectivity index (χ1v) is 7.98. The molecule has 0 bridgehead atoms. The lowest BCUT2D eigenvalue weighted by molar-refractivity contribution is -0.384.